The van der Waals surface area contributed by atoms with Gasteiger partial charge in [0.1, 0.15) is 11.5 Å². The fourth-order valence-electron chi connectivity index (χ4n) is 1.46. The zero-order chi connectivity index (χ0) is 13.7. The van der Waals surface area contributed by atoms with E-state index in [0.717, 1.165) is 6.08 Å². The van der Waals surface area contributed by atoms with Gasteiger partial charge in [-0.1, -0.05) is 36.4 Å². The molecule has 1 nitrogen and oxygen atoms in total. The van der Waals surface area contributed by atoms with Crippen LogP contribution in [0.25, 0.3) is 6.08 Å². The van der Waals surface area contributed by atoms with Crippen LogP contribution in [0, 0.1) is 0 Å². The normalized spacial score (nSPS) is 11.7. The molecule has 0 fully saturated rings. The van der Waals surface area contributed by atoms with Crippen molar-refractivity contribution in [3.8, 4) is 11.5 Å². The topological polar surface area (TPSA) is 9.23 Å². The second-order valence-corrected chi connectivity index (χ2v) is 3.86. The molecule has 0 saturated carbocycles. The van der Waals surface area contributed by atoms with Gasteiger partial charge in [0.05, 0.1) is 0 Å². The predicted molar refractivity (Wildman–Crippen MR) is 68.0 cm³/mol. The molecule has 0 unspecified atom stereocenters. The number of halogens is 3. The molecule has 0 aliphatic carbocycles. The molecule has 19 heavy (non-hydrogen) atoms. The number of rotatable bonds is 3. The molecule has 0 heterocycles. The van der Waals surface area contributed by atoms with E-state index in [9.17, 15) is 13.2 Å². The second-order valence-electron chi connectivity index (χ2n) is 3.86. The van der Waals surface area contributed by atoms with E-state index in [1.165, 1.54) is 0 Å². The van der Waals surface area contributed by atoms with E-state index in [1.54, 1.807) is 36.4 Å². The Morgan fingerprint density at radius 1 is 0.789 bits per heavy atom. The Kier molecular flexibility index (Phi) is 3.90. The van der Waals surface area contributed by atoms with E-state index in [2.05, 4.69) is 0 Å². The van der Waals surface area contributed by atoms with Crippen molar-refractivity contribution in [1.82, 2.24) is 0 Å². The first-order valence-electron chi connectivity index (χ1n) is 5.62. The van der Waals surface area contributed by atoms with Gasteiger partial charge in [-0.05, 0) is 29.8 Å². The van der Waals surface area contributed by atoms with Crippen LogP contribution < -0.4 is 4.74 Å². The van der Waals surface area contributed by atoms with Crippen LogP contribution >= 0.6 is 0 Å². The smallest absolute Gasteiger partial charge is 0.409 e. The number of ether oxygens (including phenoxy) is 1. The Balaban J connectivity index is 2.05. The summed E-state index contributed by atoms with van der Waals surface area (Å²) in [6.07, 6.45) is -3.06. The maximum absolute atomic E-state index is 12.0. The lowest BCUT2D eigenvalue weighted by atomic mass is 10.2. The third-order valence-electron chi connectivity index (χ3n) is 2.32. The highest BCUT2D eigenvalue weighted by atomic mass is 19.4. The molecule has 0 aliphatic heterocycles. The van der Waals surface area contributed by atoms with Crippen molar-refractivity contribution < 1.29 is 17.9 Å². The number of benzene rings is 2. The van der Waals surface area contributed by atoms with Gasteiger partial charge in [0.2, 0.25) is 0 Å². The van der Waals surface area contributed by atoms with E-state index < -0.39 is 6.18 Å². The van der Waals surface area contributed by atoms with Crippen LogP contribution in [0.5, 0.6) is 11.5 Å². The lowest BCUT2D eigenvalue weighted by Gasteiger charge is -2.05. The van der Waals surface area contributed by atoms with Crippen LogP contribution in [-0.2, 0) is 0 Å². The number of alkyl halides is 3. The summed E-state index contributed by atoms with van der Waals surface area (Å²) < 4.78 is 41.5. The van der Waals surface area contributed by atoms with Gasteiger partial charge >= 0.3 is 6.18 Å². The molecule has 2 rings (SSSR count). The van der Waals surface area contributed by atoms with Gasteiger partial charge in [0, 0.05) is 6.08 Å². The SMILES string of the molecule is FC(F)(F)/C=C/c1ccc(Oc2ccccc2)cc1. The summed E-state index contributed by atoms with van der Waals surface area (Å²) in [4.78, 5) is 0. The monoisotopic (exact) mass is 264 g/mol. The maximum atomic E-state index is 12.0. The molecule has 0 aromatic heterocycles. The van der Waals surface area contributed by atoms with Crippen molar-refractivity contribution in [2.45, 2.75) is 6.18 Å². The Labute approximate surface area is 109 Å². The van der Waals surface area contributed by atoms with Gasteiger partial charge in [-0.2, -0.15) is 13.2 Å². The summed E-state index contributed by atoms with van der Waals surface area (Å²) in [5.41, 5.74) is 0.470. The summed E-state index contributed by atoms with van der Waals surface area (Å²) in [7, 11) is 0. The standard InChI is InChI=1S/C15H11F3O/c16-15(17,18)11-10-12-6-8-14(9-7-12)19-13-4-2-1-3-5-13/h1-11H/b11-10+. The quantitative estimate of drug-likeness (QED) is 0.753. The second kappa shape index (κ2) is 5.61. The van der Waals surface area contributed by atoms with E-state index in [-0.39, 0.29) is 6.08 Å². The maximum Gasteiger partial charge on any atom is 0.409 e. The van der Waals surface area contributed by atoms with Crippen molar-refractivity contribution in [1.29, 1.82) is 0 Å². The molecule has 2 aromatic carbocycles. The molecular weight excluding hydrogens is 253 g/mol. The molecule has 0 radical (unpaired) electrons. The molecule has 0 saturated heterocycles. The highest BCUT2D eigenvalue weighted by Gasteiger charge is 2.21. The zero-order valence-corrected chi connectivity index (χ0v) is 9.89. The van der Waals surface area contributed by atoms with Gasteiger partial charge in [-0.3, -0.25) is 0 Å². The lowest BCUT2D eigenvalue weighted by Crippen LogP contribution is -2.00. The summed E-state index contributed by atoms with van der Waals surface area (Å²) in [5, 5.41) is 0. The molecule has 0 aliphatic rings. The van der Waals surface area contributed by atoms with Gasteiger partial charge in [-0.25, -0.2) is 0 Å². The molecule has 4 heteroatoms. The number of para-hydroxylation sites is 1. The molecular formula is C15H11F3O. The van der Waals surface area contributed by atoms with Crippen LogP contribution in [0.4, 0.5) is 13.2 Å². The van der Waals surface area contributed by atoms with Crippen molar-refractivity contribution in [3.63, 3.8) is 0 Å². The van der Waals surface area contributed by atoms with Gasteiger partial charge < -0.3 is 4.74 Å². The molecule has 0 amide bonds. The zero-order valence-electron chi connectivity index (χ0n) is 9.89. The average molecular weight is 264 g/mol. The summed E-state index contributed by atoms with van der Waals surface area (Å²) in [6.45, 7) is 0. The molecule has 2 aromatic rings. The average Bonchev–Trinajstić information content (AvgIpc) is 2.38. The highest BCUT2D eigenvalue weighted by Crippen LogP contribution is 2.22. The highest BCUT2D eigenvalue weighted by molar-refractivity contribution is 5.51. The minimum absolute atomic E-state index is 0.208. The van der Waals surface area contributed by atoms with Crippen molar-refractivity contribution in [2.24, 2.45) is 0 Å². The molecule has 0 N–H and O–H groups in total. The first-order valence-corrected chi connectivity index (χ1v) is 5.62. The fourth-order valence-corrected chi connectivity index (χ4v) is 1.46. The van der Waals surface area contributed by atoms with Gasteiger partial charge in [-0.15, -0.1) is 0 Å². The first kappa shape index (κ1) is 13.2. The molecule has 0 atom stereocenters. The van der Waals surface area contributed by atoms with E-state index in [4.69, 9.17) is 4.74 Å². The molecule has 0 spiro atoms. The molecule has 0 bridgehead atoms. The van der Waals surface area contributed by atoms with Crippen LogP contribution in [-0.4, -0.2) is 6.18 Å². The summed E-state index contributed by atoms with van der Waals surface area (Å²) in [5.74, 6) is 1.26. The van der Waals surface area contributed by atoms with E-state index in [0.29, 0.717) is 17.1 Å². The Morgan fingerprint density at radius 2 is 1.37 bits per heavy atom. The lowest BCUT2D eigenvalue weighted by molar-refractivity contribution is -0.0790. The fraction of sp³-hybridized carbons (Fsp3) is 0.0667. The minimum atomic E-state index is -4.29. The minimum Gasteiger partial charge on any atom is -0.457 e. The Bertz CT molecular complexity index is 542. The third-order valence-corrected chi connectivity index (χ3v) is 2.32. The van der Waals surface area contributed by atoms with Crippen molar-refractivity contribution in [2.75, 3.05) is 0 Å². The number of allylic oxidation sites excluding steroid dienone is 1. The largest absolute Gasteiger partial charge is 0.457 e. The first-order chi connectivity index (χ1) is 9.03. The van der Waals surface area contributed by atoms with E-state index in [1.807, 2.05) is 18.2 Å². The van der Waals surface area contributed by atoms with E-state index >= 15 is 0 Å². The van der Waals surface area contributed by atoms with Crippen LogP contribution in [0.15, 0.2) is 60.7 Å². The van der Waals surface area contributed by atoms with Crippen LogP contribution in [0.2, 0.25) is 0 Å². The third kappa shape index (κ3) is 4.50. The molecule has 98 valence electrons. The number of hydrogen-bond donors (Lipinski definition) is 0. The number of hydrogen-bond acceptors (Lipinski definition) is 1. The predicted octanol–water partition coefficient (Wildman–Crippen LogP) is 5.05. The summed E-state index contributed by atoms with van der Waals surface area (Å²) in [6, 6.07) is 15.6. The Hall–Kier alpha value is -2.23. The van der Waals surface area contributed by atoms with Crippen LogP contribution in [0.1, 0.15) is 5.56 Å². The summed E-state index contributed by atoms with van der Waals surface area (Å²) >= 11 is 0. The Morgan fingerprint density at radius 3 is 1.95 bits per heavy atom. The van der Waals surface area contributed by atoms with Crippen LogP contribution in [0.3, 0.4) is 0 Å². The van der Waals surface area contributed by atoms with Gasteiger partial charge in [0.25, 0.3) is 0 Å². The van der Waals surface area contributed by atoms with Crippen molar-refractivity contribution in [3.05, 3.63) is 66.2 Å². The van der Waals surface area contributed by atoms with Gasteiger partial charge in [0.15, 0.2) is 0 Å². The van der Waals surface area contributed by atoms with Crippen molar-refractivity contribution >= 4 is 6.08 Å².